The zero-order valence-corrected chi connectivity index (χ0v) is 11.5. The van der Waals surface area contributed by atoms with Crippen molar-refractivity contribution >= 4 is 0 Å². The van der Waals surface area contributed by atoms with Crippen molar-refractivity contribution in [3.05, 3.63) is 34.9 Å². The monoisotopic (exact) mass is 230 g/mol. The van der Waals surface area contributed by atoms with Crippen molar-refractivity contribution < 1.29 is 0 Å². The fourth-order valence-corrected chi connectivity index (χ4v) is 2.81. The lowest BCUT2D eigenvalue weighted by Gasteiger charge is -2.28. The van der Waals surface area contributed by atoms with E-state index in [0.717, 1.165) is 5.92 Å². The summed E-state index contributed by atoms with van der Waals surface area (Å²) in [7, 11) is 0. The van der Waals surface area contributed by atoms with Crippen LogP contribution >= 0.6 is 0 Å². The second-order valence-electron chi connectivity index (χ2n) is 5.64. The van der Waals surface area contributed by atoms with Crippen LogP contribution in [-0.2, 0) is 6.42 Å². The summed E-state index contributed by atoms with van der Waals surface area (Å²) in [6.07, 6.45) is 11.1. The first kappa shape index (κ1) is 12.7. The van der Waals surface area contributed by atoms with Crippen molar-refractivity contribution in [1.29, 1.82) is 0 Å². The van der Waals surface area contributed by atoms with Gasteiger partial charge in [-0.2, -0.15) is 0 Å². The van der Waals surface area contributed by atoms with Gasteiger partial charge in [0.05, 0.1) is 0 Å². The minimum absolute atomic E-state index is 0.886. The van der Waals surface area contributed by atoms with E-state index in [9.17, 15) is 0 Å². The summed E-state index contributed by atoms with van der Waals surface area (Å²) < 4.78 is 0. The van der Waals surface area contributed by atoms with Gasteiger partial charge >= 0.3 is 0 Å². The average Bonchev–Trinajstić information content (AvgIpc) is 2.25. The van der Waals surface area contributed by atoms with E-state index in [-0.39, 0.29) is 0 Å². The summed E-state index contributed by atoms with van der Waals surface area (Å²) in [4.78, 5) is 0. The van der Waals surface area contributed by atoms with Crippen LogP contribution in [0.1, 0.15) is 74.5 Å². The van der Waals surface area contributed by atoms with Crippen molar-refractivity contribution in [1.82, 2.24) is 0 Å². The van der Waals surface area contributed by atoms with E-state index < -0.39 is 0 Å². The first-order chi connectivity index (χ1) is 8.31. The van der Waals surface area contributed by atoms with Crippen molar-refractivity contribution in [3.63, 3.8) is 0 Å². The number of hydrogen-bond donors (Lipinski definition) is 0. The normalized spacial score (nSPS) is 15.9. The minimum atomic E-state index is 0.886. The average molecular weight is 230 g/mol. The fraction of sp³-hybridized carbons (Fsp3) is 0.647. The smallest absolute Gasteiger partial charge is 0.0159 e. The van der Waals surface area contributed by atoms with Gasteiger partial charge < -0.3 is 0 Å². The molecule has 17 heavy (non-hydrogen) atoms. The topological polar surface area (TPSA) is 0 Å². The van der Waals surface area contributed by atoms with Crippen LogP contribution in [0.3, 0.4) is 0 Å². The summed E-state index contributed by atoms with van der Waals surface area (Å²) in [6.45, 7) is 4.51. The van der Waals surface area contributed by atoms with Crippen LogP contribution in [-0.4, -0.2) is 0 Å². The molecule has 0 heteroatoms. The molecule has 0 nitrogen and oxygen atoms in total. The molecule has 0 heterocycles. The van der Waals surface area contributed by atoms with E-state index in [4.69, 9.17) is 0 Å². The molecule has 0 spiro atoms. The second kappa shape index (κ2) is 6.23. The fourth-order valence-electron chi connectivity index (χ4n) is 2.81. The first-order valence-corrected chi connectivity index (χ1v) is 7.40. The van der Waals surface area contributed by atoms with E-state index in [0.29, 0.717) is 0 Å². The predicted molar refractivity (Wildman–Crippen MR) is 75.6 cm³/mol. The Morgan fingerprint density at radius 1 is 1.12 bits per heavy atom. The molecule has 0 amide bonds. The SMILES string of the molecule is CCCCCCc1cc(C)ccc1C1CCC1. The molecule has 1 aromatic carbocycles. The van der Waals surface area contributed by atoms with Crippen LogP contribution in [0.5, 0.6) is 0 Å². The highest BCUT2D eigenvalue weighted by molar-refractivity contribution is 5.35. The molecular formula is C17H26. The molecule has 0 unspecified atom stereocenters. The lowest BCUT2D eigenvalue weighted by Crippen LogP contribution is -2.11. The number of hydrogen-bond acceptors (Lipinski definition) is 0. The minimum Gasteiger partial charge on any atom is -0.0654 e. The molecule has 0 atom stereocenters. The first-order valence-electron chi connectivity index (χ1n) is 7.40. The highest BCUT2D eigenvalue weighted by atomic mass is 14.3. The predicted octanol–water partition coefficient (Wildman–Crippen LogP) is 5.39. The molecule has 1 aromatic rings. The molecule has 1 saturated carbocycles. The van der Waals surface area contributed by atoms with Gasteiger partial charge in [0.1, 0.15) is 0 Å². The summed E-state index contributed by atoms with van der Waals surface area (Å²) >= 11 is 0. The number of rotatable bonds is 6. The van der Waals surface area contributed by atoms with Crippen LogP contribution in [0.15, 0.2) is 18.2 Å². The van der Waals surface area contributed by atoms with Gasteiger partial charge in [0.25, 0.3) is 0 Å². The Labute approximate surface area is 106 Å². The van der Waals surface area contributed by atoms with Crippen LogP contribution in [0.2, 0.25) is 0 Å². The molecule has 0 aromatic heterocycles. The van der Waals surface area contributed by atoms with E-state index in [1.54, 1.807) is 11.1 Å². The molecule has 1 aliphatic rings. The molecule has 94 valence electrons. The Morgan fingerprint density at radius 2 is 1.94 bits per heavy atom. The third kappa shape index (κ3) is 3.34. The van der Waals surface area contributed by atoms with Crippen LogP contribution in [0.4, 0.5) is 0 Å². The lowest BCUT2D eigenvalue weighted by molar-refractivity contribution is 0.416. The van der Waals surface area contributed by atoms with Crippen LogP contribution in [0.25, 0.3) is 0 Å². The third-order valence-corrected chi connectivity index (χ3v) is 4.14. The zero-order chi connectivity index (χ0) is 12.1. The number of benzene rings is 1. The Balaban J connectivity index is 1.99. The van der Waals surface area contributed by atoms with Crippen molar-refractivity contribution in [3.8, 4) is 0 Å². The van der Waals surface area contributed by atoms with Gasteiger partial charge in [-0.05, 0) is 49.7 Å². The molecular weight excluding hydrogens is 204 g/mol. The van der Waals surface area contributed by atoms with Gasteiger partial charge in [-0.25, -0.2) is 0 Å². The quantitative estimate of drug-likeness (QED) is 0.575. The molecule has 0 bridgehead atoms. The van der Waals surface area contributed by atoms with Crippen LogP contribution < -0.4 is 0 Å². The molecule has 0 radical (unpaired) electrons. The maximum Gasteiger partial charge on any atom is -0.0159 e. The molecule has 1 fully saturated rings. The summed E-state index contributed by atoms with van der Waals surface area (Å²) in [6, 6.07) is 7.12. The molecule has 2 rings (SSSR count). The maximum atomic E-state index is 2.43. The lowest BCUT2D eigenvalue weighted by atomic mass is 9.77. The third-order valence-electron chi connectivity index (χ3n) is 4.14. The molecule has 0 saturated heterocycles. The zero-order valence-electron chi connectivity index (χ0n) is 11.5. The van der Waals surface area contributed by atoms with E-state index >= 15 is 0 Å². The molecule has 1 aliphatic carbocycles. The van der Waals surface area contributed by atoms with Crippen molar-refractivity contribution in [2.24, 2.45) is 0 Å². The standard InChI is InChI=1S/C17H26/c1-3-4-5-6-8-16-13-14(2)11-12-17(16)15-9-7-10-15/h11-13,15H,3-10H2,1-2H3. The summed E-state index contributed by atoms with van der Waals surface area (Å²) in [5, 5.41) is 0. The van der Waals surface area contributed by atoms with E-state index in [1.165, 1.54) is 56.9 Å². The summed E-state index contributed by atoms with van der Waals surface area (Å²) in [5.74, 6) is 0.886. The Morgan fingerprint density at radius 3 is 2.59 bits per heavy atom. The number of aryl methyl sites for hydroxylation is 2. The van der Waals surface area contributed by atoms with E-state index in [1.807, 2.05) is 0 Å². The van der Waals surface area contributed by atoms with Gasteiger partial charge in [-0.3, -0.25) is 0 Å². The number of unbranched alkanes of at least 4 members (excludes halogenated alkanes) is 3. The molecule has 0 N–H and O–H groups in total. The van der Waals surface area contributed by atoms with Gasteiger partial charge in [0.15, 0.2) is 0 Å². The van der Waals surface area contributed by atoms with Crippen LogP contribution in [0, 0.1) is 6.92 Å². The van der Waals surface area contributed by atoms with Gasteiger partial charge in [0, 0.05) is 0 Å². The summed E-state index contributed by atoms with van der Waals surface area (Å²) in [5.41, 5.74) is 4.74. The largest absolute Gasteiger partial charge is 0.0654 e. The Bertz CT molecular complexity index is 347. The maximum absolute atomic E-state index is 2.43. The van der Waals surface area contributed by atoms with Gasteiger partial charge in [-0.1, -0.05) is 56.4 Å². The molecule has 0 aliphatic heterocycles. The highest BCUT2D eigenvalue weighted by Gasteiger charge is 2.21. The Kier molecular flexibility index (Phi) is 4.65. The van der Waals surface area contributed by atoms with Gasteiger partial charge in [0.2, 0.25) is 0 Å². The van der Waals surface area contributed by atoms with E-state index in [2.05, 4.69) is 32.0 Å². The second-order valence-corrected chi connectivity index (χ2v) is 5.64. The van der Waals surface area contributed by atoms with Crippen molar-refractivity contribution in [2.45, 2.75) is 71.1 Å². The highest BCUT2D eigenvalue weighted by Crippen LogP contribution is 2.38. The van der Waals surface area contributed by atoms with Gasteiger partial charge in [-0.15, -0.1) is 0 Å². The Hall–Kier alpha value is -0.780. The van der Waals surface area contributed by atoms with Crippen molar-refractivity contribution in [2.75, 3.05) is 0 Å².